The predicted molar refractivity (Wildman–Crippen MR) is 74.9 cm³/mol. The van der Waals surface area contributed by atoms with E-state index in [1.807, 2.05) is 31.2 Å². The Bertz CT molecular complexity index is 473. The highest BCUT2D eigenvalue weighted by atomic mass is 32.2. The molecule has 0 aromatic heterocycles. The van der Waals surface area contributed by atoms with Crippen molar-refractivity contribution >= 4 is 11.8 Å². The van der Waals surface area contributed by atoms with Crippen LogP contribution >= 0.6 is 11.8 Å². The number of benzene rings is 1. The molecule has 4 atom stereocenters. The van der Waals surface area contributed by atoms with Crippen LogP contribution in [-0.2, 0) is 4.74 Å². The molecule has 2 rings (SSSR count). The predicted octanol–water partition coefficient (Wildman–Crippen LogP) is 3.26. The summed E-state index contributed by atoms with van der Waals surface area (Å²) in [5.41, 5.74) is 9.64. The highest BCUT2D eigenvalue weighted by molar-refractivity contribution is 7.99. The Balaban J connectivity index is 2.04. The van der Waals surface area contributed by atoms with E-state index in [4.69, 9.17) is 10.3 Å². The molecule has 1 aromatic carbocycles. The Morgan fingerprint density at radius 1 is 1.42 bits per heavy atom. The van der Waals surface area contributed by atoms with Gasteiger partial charge in [0.25, 0.3) is 0 Å². The molecule has 0 radical (unpaired) electrons. The fraction of sp³-hybridized carbons (Fsp3) is 0.538. The van der Waals surface area contributed by atoms with Gasteiger partial charge in [-0.1, -0.05) is 34.6 Å². The summed E-state index contributed by atoms with van der Waals surface area (Å²) >= 11 is 1.59. The average Bonchev–Trinajstić information content (AvgIpc) is 2.38. The molecule has 1 aromatic rings. The largest absolute Gasteiger partial charge is 0.390 e. The lowest BCUT2D eigenvalue weighted by Crippen LogP contribution is -2.44. The van der Waals surface area contributed by atoms with E-state index in [0.717, 1.165) is 4.90 Å². The molecule has 1 fully saturated rings. The topological polar surface area (TPSA) is 78.2 Å². The van der Waals surface area contributed by atoms with Gasteiger partial charge in [-0.25, -0.2) is 0 Å². The average molecular weight is 279 g/mol. The van der Waals surface area contributed by atoms with Gasteiger partial charge in [0, 0.05) is 9.81 Å². The quantitative estimate of drug-likeness (QED) is 0.524. The Morgan fingerprint density at radius 3 is 2.74 bits per heavy atom. The van der Waals surface area contributed by atoms with Gasteiger partial charge >= 0.3 is 0 Å². The Morgan fingerprint density at radius 2 is 2.11 bits per heavy atom. The Labute approximate surface area is 116 Å². The second-order valence-electron chi connectivity index (χ2n) is 4.70. The van der Waals surface area contributed by atoms with E-state index in [1.54, 1.807) is 18.7 Å². The number of hydrogen-bond acceptors (Lipinski definition) is 4. The summed E-state index contributed by atoms with van der Waals surface area (Å²) in [4.78, 5) is 3.91. The number of aliphatic hydroxyl groups is 1. The van der Waals surface area contributed by atoms with Gasteiger partial charge in [0.1, 0.15) is 5.44 Å². The van der Waals surface area contributed by atoms with Crippen molar-refractivity contribution in [3.05, 3.63) is 40.3 Å². The van der Waals surface area contributed by atoms with Crippen LogP contribution in [0, 0.1) is 6.92 Å². The zero-order chi connectivity index (χ0) is 13.8. The van der Waals surface area contributed by atoms with E-state index in [0.29, 0.717) is 6.42 Å². The number of thioether (sulfide) groups is 1. The van der Waals surface area contributed by atoms with Gasteiger partial charge in [-0.05, 0) is 37.9 Å². The number of azide groups is 1. The third kappa shape index (κ3) is 3.64. The Hall–Kier alpha value is -1.20. The van der Waals surface area contributed by atoms with E-state index >= 15 is 0 Å². The van der Waals surface area contributed by atoms with Crippen LogP contribution in [0.15, 0.2) is 34.3 Å². The molecule has 1 aliphatic heterocycles. The van der Waals surface area contributed by atoms with Gasteiger partial charge in [0.2, 0.25) is 0 Å². The van der Waals surface area contributed by atoms with Crippen LogP contribution in [0.4, 0.5) is 0 Å². The molecule has 6 heteroatoms. The van der Waals surface area contributed by atoms with Crippen LogP contribution in [0.3, 0.4) is 0 Å². The smallest absolute Gasteiger partial charge is 0.108 e. The monoisotopic (exact) mass is 279 g/mol. The third-order valence-corrected chi connectivity index (χ3v) is 4.27. The first kappa shape index (κ1) is 14.2. The first-order valence-electron chi connectivity index (χ1n) is 6.21. The maximum absolute atomic E-state index is 9.89. The zero-order valence-electron chi connectivity index (χ0n) is 10.9. The van der Waals surface area contributed by atoms with Crippen molar-refractivity contribution in [1.82, 2.24) is 0 Å². The second-order valence-corrected chi connectivity index (χ2v) is 5.93. The minimum absolute atomic E-state index is 0.100. The summed E-state index contributed by atoms with van der Waals surface area (Å²) in [6, 6.07) is 7.77. The van der Waals surface area contributed by atoms with E-state index in [2.05, 4.69) is 10.0 Å². The van der Waals surface area contributed by atoms with Crippen molar-refractivity contribution in [1.29, 1.82) is 0 Å². The highest BCUT2D eigenvalue weighted by Gasteiger charge is 2.35. The van der Waals surface area contributed by atoms with Gasteiger partial charge in [-0.2, -0.15) is 0 Å². The molecule has 0 aliphatic carbocycles. The number of ether oxygens (including phenoxy) is 1. The van der Waals surface area contributed by atoms with Crippen molar-refractivity contribution in [2.45, 2.75) is 48.8 Å². The van der Waals surface area contributed by atoms with Gasteiger partial charge < -0.3 is 9.84 Å². The van der Waals surface area contributed by atoms with Crippen molar-refractivity contribution in [3.63, 3.8) is 0 Å². The van der Waals surface area contributed by atoms with Gasteiger partial charge in [0.05, 0.1) is 18.2 Å². The molecule has 0 unspecified atom stereocenters. The molecule has 1 saturated heterocycles. The summed E-state index contributed by atoms with van der Waals surface area (Å²) in [5.74, 6) is 0. The highest BCUT2D eigenvalue weighted by Crippen LogP contribution is 2.34. The lowest BCUT2D eigenvalue weighted by molar-refractivity contribution is -0.0866. The molecule has 1 N–H and O–H groups in total. The lowest BCUT2D eigenvalue weighted by Gasteiger charge is -2.35. The number of rotatable bonds is 3. The molecule has 0 bridgehead atoms. The molecule has 0 amide bonds. The number of aliphatic hydroxyl groups excluding tert-OH is 1. The maximum atomic E-state index is 9.89. The minimum atomic E-state index is -0.731. The molecular weight excluding hydrogens is 262 g/mol. The van der Waals surface area contributed by atoms with E-state index in [9.17, 15) is 5.11 Å². The zero-order valence-corrected chi connectivity index (χ0v) is 11.7. The summed E-state index contributed by atoms with van der Waals surface area (Å²) in [5, 5.41) is 13.5. The molecule has 19 heavy (non-hydrogen) atoms. The van der Waals surface area contributed by atoms with Crippen LogP contribution in [0.1, 0.15) is 18.9 Å². The van der Waals surface area contributed by atoms with Crippen LogP contribution in [0.5, 0.6) is 0 Å². The van der Waals surface area contributed by atoms with Crippen LogP contribution in [-0.4, -0.2) is 28.8 Å². The van der Waals surface area contributed by atoms with Crippen LogP contribution in [0.2, 0.25) is 0 Å². The van der Waals surface area contributed by atoms with Gasteiger partial charge in [-0.3, -0.25) is 0 Å². The van der Waals surface area contributed by atoms with E-state index < -0.39 is 12.1 Å². The molecule has 1 aliphatic rings. The molecular formula is C13H17N3O2S. The van der Waals surface area contributed by atoms with Crippen molar-refractivity contribution in [2.24, 2.45) is 5.11 Å². The summed E-state index contributed by atoms with van der Waals surface area (Å²) in [7, 11) is 0. The standard InChI is InChI=1S/C13H17N3O2S/c1-8-3-5-10(6-4-8)19-12-7-11(15-16-14)13(17)9(2)18-12/h3-6,9,11-13,17H,7H2,1-2H3/t9-,11-,12+,13-/m0/s1. The first-order chi connectivity index (χ1) is 9.10. The van der Waals surface area contributed by atoms with Crippen LogP contribution in [0.25, 0.3) is 10.4 Å². The minimum Gasteiger partial charge on any atom is -0.390 e. The Kier molecular flexibility index (Phi) is 4.71. The summed E-state index contributed by atoms with van der Waals surface area (Å²) in [6.07, 6.45) is -0.536. The van der Waals surface area contributed by atoms with Crippen LogP contribution < -0.4 is 0 Å². The summed E-state index contributed by atoms with van der Waals surface area (Å²) < 4.78 is 5.74. The molecule has 5 nitrogen and oxygen atoms in total. The van der Waals surface area contributed by atoms with Gasteiger partial charge in [-0.15, -0.1) is 0 Å². The molecule has 1 heterocycles. The SMILES string of the molecule is Cc1ccc(S[C@@H]2C[C@H](N=[N+]=[N-])[C@@H](O)[C@H](C)O2)cc1. The fourth-order valence-electron chi connectivity index (χ4n) is 2.05. The molecule has 0 spiro atoms. The third-order valence-electron chi connectivity index (χ3n) is 3.16. The van der Waals surface area contributed by atoms with Crippen molar-refractivity contribution in [2.75, 3.05) is 0 Å². The van der Waals surface area contributed by atoms with E-state index in [-0.39, 0.29) is 11.5 Å². The second kappa shape index (κ2) is 6.30. The molecule has 0 saturated carbocycles. The number of nitrogens with zero attached hydrogens (tertiary/aromatic N) is 3. The van der Waals surface area contributed by atoms with E-state index in [1.165, 1.54) is 5.56 Å². The number of aryl methyl sites for hydroxylation is 1. The van der Waals surface area contributed by atoms with Crippen molar-refractivity contribution < 1.29 is 9.84 Å². The normalized spacial score (nSPS) is 30.7. The summed E-state index contributed by atoms with van der Waals surface area (Å²) in [6.45, 7) is 3.84. The first-order valence-corrected chi connectivity index (χ1v) is 7.09. The lowest BCUT2D eigenvalue weighted by atomic mass is 10.0. The maximum Gasteiger partial charge on any atom is 0.108 e. The number of hydrogen-bond donors (Lipinski definition) is 1. The molecule has 102 valence electrons. The fourth-order valence-corrected chi connectivity index (χ4v) is 3.17. The van der Waals surface area contributed by atoms with Crippen molar-refractivity contribution in [3.8, 4) is 0 Å². The van der Waals surface area contributed by atoms with Gasteiger partial charge in [0.15, 0.2) is 0 Å².